The molecule has 1 aliphatic carbocycles. The first-order chi connectivity index (χ1) is 7.24. The van der Waals surface area contributed by atoms with Crippen molar-refractivity contribution in [3.05, 3.63) is 35.4 Å². The minimum absolute atomic E-state index is 0.384. The molecule has 0 saturated heterocycles. The van der Waals surface area contributed by atoms with E-state index in [1.807, 2.05) is 24.3 Å². The molecule has 0 radical (unpaired) electrons. The third-order valence-corrected chi connectivity index (χ3v) is 3.11. The fraction of sp³-hybridized carbons (Fsp3) is 0.417. The van der Waals surface area contributed by atoms with Gasteiger partial charge in [0.25, 0.3) is 0 Å². The van der Waals surface area contributed by atoms with Gasteiger partial charge >= 0.3 is 5.97 Å². The first kappa shape index (κ1) is 10.5. The number of esters is 1. The summed E-state index contributed by atoms with van der Waals surface area (Å²) in [7, 11) is 1.36. The zero-order valence-corrected chi connectivity index (χ0v) is 9.33. The van der Waals surface area contributed by atoms with Crippen molar-refractivity contribution >= 4 is 17.6 Å². The number of carbonyl (C=O) groups is 1. The van der Waals surface area contributed by atoms with Crippen LogP contribution >= 0.6 is 11.6 Å². The molecule has 1 fully saturated rings. The first-order valence-electron chi connectivity index (χ1n) is 5.04. The number of hydrogen-bond acceptors (Lipinski definition) is 2. The van der Waals surface area contributed by atoms with E-state index in [4.69, 9.17) is 11.6 Å². The minimum Gasteiger partial charge on any atom is -0.468 e. The van der Waals surface area contributed by atoms with Crippen LogP contribution in [0.1, 0.15) is 35.3 Å². The molecule has 1 aromatic carbocycles. The van der Waals surface area contributed by atoms with Gasteiger partial charge in [-0.25, -0.2) is 0 Å². The molecular formula is C12H13ClO2. The average molecular weight is 225 g/mol. The topological polar surface area (TPSA) is 26.3 Å². The molecule has 0 heterocycles. The van der Waals surface area contributed by atoms with Crippen LogP contribution in [0.3, 0.4) is 0 Å². The summed E-state index contributed by atoms with van der Waals surface area (Å²) in [5.41, 5.74) is 2.09. The van der Waals surface area contributed by atoms with Crippen molar-refractivity contribution in [2.75, 3.05) is 7.11 Å². The summed E-state index contributed by atoms with van der Waals surface area (Å²) in [5.74, 6) is 0.205. The highest BCUT2D eigenvalue weighted by atomic mass is 35.5. The Hall–Kier alpha value is -1.02. The highest BCUT2D eigenvalue weighted by Gasteiger charge is 2.29. The van der Waals surface area contributed by atoms with E-state index in [1.165, 1.54) is 25.5 Å². The van der Waals surface area contributed by atoms with E-state index in [0.717, 1.165) is 5.56 Å². The monoisotopic (exact) mass is 224 g/mol. The number of alkyl halides is 1. The number of halogens is 1. The third kappa shape index (κ3) is 2.15. The first-order valence-corrected chi connectivity index (χ1v) is 5.48. The fourth-order valence-corrected chi connectivity index (χ4v) is 2.03. The number of ether oxygens (including phenoxy) is 1. The predicted octanol–water partition coefficient (Wildman–Crippen LogP) is 3.02. The average Bonchev–Trinajstić information content (AvgIpc) is 3.11. The van der Waals surface area contributed by atoms with Gasteiger partial charge in [0.15, 0.2) is 5.38 Å². The Morgan fingerprint density at radius 2 is 2.13 bits per heavy atom. The van der Waals surface area contributed by atoms with E-state index < -0.39 is 5.38 Å². The van der Waals surface area contributed by atoms with Crippen LogP contribution in [0.25, 0.3) is 0 Å². The van der Waals surface area contributed by atoms with Crippen LogP contribution < -0.4 is 0 Å². The van der Waals surface area contributed by atoms with E-state index in [0.29, 0.717) is 5.92 Å². The SMILES string of the molecule is COC(=O)C(Cl)c1ccccc1C1CC1. The Balaban J connectivity index is 2.29. The van der Waals surface area contributed by atoms with Gasteiger partial charge in [0, 0.05) is 0 Å². The number of carbonyl (C=O) groups excluding carboxylic acids is 1. The van der Waals surface area contributed by atoms with Crippen LogP contribution in [0.2, 0.25) is 0 Å². The molecular weight excluding hydrogens is 212 g/mol. The molecule has 0 amide bonds. The van der Waals surface area contributed by atoms with Crippen molar-refractivity contribution in [1.29, 1.82) is 0 Å². The lowest BCUT2D eigenvalue weighted by Gasteiger charge is -2.12. The summed E-state index contributed by atoms with van der Waals surface area (Å²) in [6, 6.07) is 7.84. The number of benzene rings is 1. The van der Waals surface area contributed by atoms with Gasteiger partial charge in [0.1, 0.15) is 0 Å². The van der Waals surface area contributed by atoms with E-state index in [2.05, 4.69) is 4.74 Å². The van der Waals surface area contributed by atoms with Crippen LogP contribution in [0.4, 0.5) is 0 Å². The van der Waals surface area contributed by atoms with Gasteiger partial charge in [-0.1, -0.05) is 24.3 Å². The molecule has 1 aromatic rings. The lowest BCUT2D eigenvalue weighted by atomic mass is 10.0. The Bertz CT molecular complexity index is 372. The molecule has 3 heteroatoms. The van der Waals surface area contributed by atoms with Crippen molar-refractivity contribution in [3.63, 3.8) is 0 Å². The van der Waals surface area contributed by atoms with Gasteiger partial charge < -0.3 is 4.74 Å². The summed E-state index contributed by atoms with van der Waals surface area (Å²) >= 11 is 6.06. The molecule has 0 aromatic heterocycles. The smallest absolute Gasteiger partial charge is 0.328 e. The summed E-state index contributed by atoms with van der Waals surface area (Å²) < 4.78 is 4.65. The van der Waals surface area contributed by atoms with E-state index in [1.54, 1.807) is 0 Å². The van der Waals surface area contributed by atoms with Gasteiger partial charge in [-0.3, -0.25) is 4.79 Å². The molecule has 0 spiro atoms. The van der Waals surface area contributed by atoms with E-state index in [-0.39, 0.29) is 5.97 Å². The van der Waals surface area contributed by atoms with Crippen LogP contribution in [0.5, 0.6) is 0 Å². The highest BCUT2D eigenvalue weighted by Crippen LogP contribution is 2.43. The molecule has 0 bridgehead atoms. The molecule has 0 N–H and O–H groups in total. The van der Waals surface area contributed by atoms with Gasteiger partial charge in [-0.15, -0.1) is 11.6 Å². The second-order valence-corrected chi connectivity index (χ2v) is 4.23. The van der Waals surface area contributed by atoms with Crippen LogP contribution in [-0.4, -0.2) is 13.1 Å². The van der Waals surface area contributed by atoms with Crippen molar-refractivity contribution in [3.8, 4) is 0 Å². The molecule has 2 rings (SSSR count). The second-order valence-electron chi connectivity index (χ2n) is 3.79. The molecule has 1 atom stereocenters. The molecule has 1 saturated carbocycles. The van der Waals surface area contributed by atoms with Crippen LogP contribution in [0.15, 0.2) is 24.3 Å². The molecule has 1 aliphatic rings. The molecule has 15 heavy (non-hydrogen) atoms. The van der Waals surface area contributed by atoms with Crippen molar-refractivity contribution < 1.29 is 9.53 Å². The Morgan fingerprint density at radius 3 is 2.73 bits per heavy atom. The quantitative estimate of drug-likeness (QED) is 0.583. The Labute approximate surface area is 94.2 Å². The summed E-state index contributed by atoms with van der Waals surface area (Å²) in [6.45, 7) is 0. The maximum atomic E-state index is 11.4. The van der Waals surface area contributed by atoms with Gasteiger partial charge in [-0.2, -0.15) is 0 Å². The van der Waals surface area contributed by atoms with Crippen molar-refractivity contribution in [2.24, 2.45) is 0 Å². The normalized spacial score (nSPS) is 17.2. The standard InChI is InChI=1S/C12H13ClO2/c1-15-12(14)11(13)10-5-3-2-4-9(10)8-6-7-8/h2-5,8,11H,6-7H2,1H3. The summed E-state index contributed by atoms with van der Waals surface area (Å²) in [6.07, 6.45) is 2.39. The van der Waals surface area contributed by atoms with Gasteiger partial charge in [0.05, 0.1) is 7.11 Å². The maximum absolute atomic E-state index is 11.4. The lowest BCUT2D eigenvalue weighted by Crippen LogP contribution is -2.10. The summed E-state index contributed by atoms with van der Waals surface area (Å²) in [5, 5.41) is -0.674. The predicted molar refractivity (Wildman–Crippen MR) is 59.0 cm³/mol. The minimum atomic E-state index is -0.674. The number of methoxy groups -OCH3 is 1. The lowest BCUT2D eigenvalue weighted by molar-refractivity contribution is -0.140. The molecule has 0 aliphatic heterocycles. The Morgan fingerprint density at radius 1 is 1.47 bits per heavy atom. The molecule has 80 valence electrons. The summed E-state index contributed by atoms with van der Waals surface area (Å²) in [4.78, 5) is 11.4. The third-order valence-electron chi connectivity index (χ3n) is 2.69. The van der Waals surface area contributed by atoms with Crippen molar-refractivity contribution in [2.45, 2.75) is 24.1 Å². The Kier molecular flexibility index (Phi) is 2.96. The van der Waals surface area contributed by atoms with Crippen molar-refractivity contribution in [1.82, 2.24) is 0 Å². The largest absolute Gasteiger partial charge is 0.468 e. The number of hydrogen-bond donors (Lipinski definition) is 0. The van der Waals surface area contributed by atoms with Crippen LogP contribution in [-0.2, 0) is 9.53 Å². The zero-order valence-electron chi connectivity index (χ0n) is 8.57. The maximum Gasteiger partial charge on any atom is 0.328 e. The van der Waals surface area contributed by atoms with Crippen LogP contribution in [0, 0.1) is 0 Å². The second kappa shape index (κ2) is 4.23. The molecule has 1 unspecified atom stereocenters. The fourth-order valence-electron chi connectivity index (χ4n) is 1.74. The molecule has 2 nitrogen and oxygen atoms in total. The number of rotatable bonds is 3. The van der Waals surface area contributed by atoms with Gasteiger partial charge in [0.2, 0.25) is 0 Å². The van der Waals surface area contributed by atoms with Gasteiger partial charge in [-0.05, 0) is 29.9 Å². The van der Waals surface area contributed by atoms with E-state index >= 15 is 0 Å². The van der Waals surface area contributed by atoms with E-state index in [9.17, 15) is 4.79 Å². The highest BCUT2D eigenvalue weighted by molar-refractivity contribution is 6.30. The zero-order chi connectivity index (χ0) is 10.8.